The Morgan fingerprint density at radius 3 is 2.43 bits per heavy atom. The molecule has 1 aromatic carbocycles. The Labute approximate surface area is 208 Å². The van der Waals surface area contributed by atoms with Gasteiger partial charge in [-0.05, 0) is 94.1 Å². The molecule has 2 fully saturated rings. The number of aromatic nitrogens is 3. The van der Waals surface area contributed by atoms with Crippen LogP contribution >= 0.6 is 0 Å². The lowest BCUT2D eigenvalue weighted by Crippen LogP contribution is -2.30. The number of benzene rings is 1. The molecule has 0 spiro atoms. The number of likely N-dealkylation sites (tertiary alicyclic amines) is 1. The summed E-state index contributed by atoms with van der Waals surface area (Å²) in [7, 11) is 2.20. The predicted molar refractivity (Wildman–Crippen MR) is 142 cm³/mol. The van der Waals surface area contributed by atoms with E-state index in [1.165, 1.54) is 37.7 Å². The third-order valence-electron chi connectivity index (χ3n) is 7.06. The van der Waals surface area contributed by atoms with E-state index in [1.54, 1.807) is 6.20 Å². The van der Waals surface area contributed by atoms with Gasteiger partial charge in [-0.2, -0.15) is 4.98 Å². The van der Waals surface area contributed by atoms with E-state index in [0.29, 0.717) is 17.9 Å². The van der Waals surface area contributed by atoms with Crippen molar-refractivity contribution in [1.29, 1.82) is 0 Å². The van der Waals surface area contributed by atoms with Crippen molar-refractivity contribution in [3.8, 4) is 11.8 Å². The molecule has 2 aliphatic rings. The summed E-state index contributed by atoms with van der Waals surface area (Å²) in [5.74, 6) is 8.43. The van der Waals surface area contributed by atoms with Gasteiger partial charge in [0.05, 0.1) is 0 Å². The van der Waals surface area contributed by atoms with Gasteiger partial charge in [-0.25, -0.2) is 9.97 Å². The average molecular weight is 467 g/mol. The summed E-state index contributed by atoms with van der Waals surface area (Å²) in [4.78, 5) is 16.3. The fourth-order valence-corrected chi connectivity index (χ4v) is 4.96. The Morgan fingerprint density at radius 1 is 0.886 bits per heavy atom. The molecule has 180 valence electrons. The maximum atomic E-state index is 4.97. The van der Waals surface area contributed by atoms with Crippen LogP contribution in [0.15, 0.2) is 54.9 Å². The van der Waals surface area contributed by atoms with E-state index >= 15 is 0 Å². The quantitative estimate of drug-likeness (QED) is 0.479. The maximum absolute atomic E-state index is 4.97. The molecule has 6 nitrogen and oxygen atoms in total. The molecule has 1 aliphatic heterocycles. The first-order chi connectivity index (χ1) is 17.2. The summed E-state index contributed by atoms with van der Waals surface area (Å²) in [5, 5.41) is 7.19. The maximum Gasteiger partial charge on any atom is 0.229 e. The average Bonchev–Trinajstić information content (AvgIpc) is 2.90. The minimum atomic E-state index is 0.508. The number of nitrogens with one attached hydrogen (secondary N) is 2. The van der Waals surface area contributed by atoms with Gasteiger partial charge in [-0.15, -0.1) is 0 Å². The van der Waals surface area contributed by atoms with Crippen LogP contribution in [-0.4, -0.2) is 46.0 Å². The van der Waals surface area contributed by atoms with Crippen LogP contribution in [0, 0.1) is 11.8 Å². The highest BCUT2D eigenvalue weighted by Gasteiger charge is 2.24. The second kappa shape index (κ2) is 11.3. The fraction of sp³-hybridized carbons (Fsp3) is 0.414. The Kier molecular flexibility index (Phi) is 7.55. The van der Waals surface area contributed by atoms with Gasteiger partial charge in [0, 0.05) is 35.2 Å². The zero-order chi connectivity index (χ0) is 23.9. The van der Waals surface area contributed by atoms with Gasteiger partial charge in [0.2, 0.25) is 5.95 Å². The van der Waals surface area contributed by atoms with Crippen LogP contribution in [0.5, 0.6) is 0 Å². The monoisotopic (exact) mass is 466 g/mol. The van der Waals surface area contributed by atoms with E-state index in [1.807, 2.05) is 48.7 Å². The van der Waals surface area contributed by atoms with E-state index in [4.69, 9.17) is 9.97 Å². The Bertz CT molecular complexity index is 1150. The van der Waals surface area contributed by atoms with Crippen molar-refractivity contribution in [2.75, 3.05) is 30.8 Å². The first kappa shape index (κ1) is 23.3. The van der Waals surface area contributed by atoms with Crippen molar-refractivity contribution >= 4 is 17.5 Å². The normalized spacial score (nSPS) is 17.4. The van der Waals surface area contributed by atoms with Crippen molar-refractivity contribution in [2.45, 2.75) is 56.9 Å². The molecule has 2 N–H and O–H groups in total. The minimum absolute atomic E-state index is 0.508. The molecule has 0 radical (unpaired) electrons. The Morgan fingerprint density at radius 2 is 1.69 bits per heavy atom. The van der Waals surface area contributed by atoms with Crippen LogP contribution in [-0.2, 0) is 0 Å². The number of piperidine rings is 1. The highest BCUT2D eigenvalue weighted by atomic mass is 15.2. The van der Waals surface area contributed by atoms with E-state index < -0.39 is 0 Å². The lowest BCUT2D eigenvalue weighted by atomic mass is 9.90. The summed E-state index contributed by atoms with van der Waals surface area (Å²) in [5.41, 5.74) is 3.93. The van der Waals surface area contributed by atoms with Crippen molar-refractivity contribution in [3.63, 3.8) is 0 Å². The zero-order valence-corrected chi connectivity index (χ0v) is 20.5. The molecule has 0 atom stereocenters. The van der Waals surface area contributed by atoms with Gasteiger partial charge >= 0.3 is 0 Å². The lowest BCUT2D eigenvalue weighted by molar-refractivity contribution is 0.255. The molecule has 3 aromatic rings. The third kappa shape index (κ3) is 6.37. The van der Waals surface area contributed by atoms with Crippen LogP contribution in [0.4, 0.5) is 17.5 Å². The number of anilines is 3. The van der Waals surface area contributed by atoms with Crippen LogP contribution < -0.4 is 10.6 Å². The number of rotatable bonds is 5. The van der Waals surface area contributed by atoms with E-state index in [9.17, 15) is 0 Å². The predicted octanol–water partition coefficient (Wildman–Crippen LogP) is 5.57. The van der Waals surface area contributed by atoms with E-state index in [0.717, 1.165) is 48.7 Å². The molecule has 0 bridgehead atoms. The van der Waals surface area contributed by atoms with Crippen LogP contribution in [0.1, 0.15) is 67.7 Å². The number of pyridine rings is 1. The molecular weight excluding hydrogens is 432 g/mol. The number of hydrogen-bond donors (Lipinski definition) is 2. The van der Waals surface area contributed by atoms with Crippen molar-refractivity contribution in [2.24, 2.45) is 0 Å². The molecule has 1 aliphatic carbocycles. The summed E-state index contributed by atoms with van der Waals surface area (Å²) < 4.78 is 0. The summed E-state index contributed by atoms with van der Waals surface area (Å²) >= 11 is 0. The highest BCUT2D eigenvalue weighted by molar-refractivity contribution is 5.58. The molecule has 1 saturated heterocycles. The lowest BCUT2D eigenvalue weighted by Gasteiger charge is -2.31. The Hall–Kier alpha value is -3.43. The largest absolute Gasteiger partial charge is 0.367 e. The van der Waals surface area contributed by atoms with Gasteiger partial charge in [0.15, 0.2) is 0 Å². The van der Waals surface area contributed by atoms with Crippen LogP contribution in [0.2, 0.25) is 0 Å². The zero-order valence-electron chi connectivity index (χ0n) is 20.5. The van der Waals surface area contributed by atoms with Crippen molar-refractivity contribution < 1.29 is 0 Å². The van der Waals surface area contributed by atoms with Crippen molar-refractivity contribution in [1.82, 2.24) is 19.9 Å². The van der Waals surface area contributed by atoms with E-state index in [2.05, 4.69) is 39.4 Å². The topological polar surface area (TPSA) is 66.0 Å². The second-order valence-corrected chi connectivity index (χ2v) is 9.72. The highest BCUT2D eigenvalue weighted by Crippen LogP contribution is 2.33. The van der Waals surface area contributed by atoms with Crippen LogP contribution in [0.3, 0.4) is 0 Å². The third-order valence-corrected chi connectivity index (χ3v) is 7.06. The fourth-order valence-electron chi connectivity index (χ4n) is 4.96. The summed E-state index contributed by atoms with van der Waals surface area (Å²) in [6.45, 7) is 2.26. The molecule has 1 saturated carbocycles. The van der Waals surface area contributed by atoms with Gasteiger partial charge in [-0.1, -0.05) is 31.2 Å². The van der Waals surface area contributed by atoms with Crippen molar-refractivity contribution in [3.05, 3.63) is 71.7 Å². The van der Waals surface area contributed by atoms with Crippen LogP contribution in [0.25, 0.3) is 0 Å². The standard InChI is InChI=1S/C29H34N6/c1-35-19-16-23(17-20-35)27-21-31-29(34-28(27)32-25-8-3-2-4-9-25)33-26-14-11-22(12-15-26)10-13-24-7-5-6-18-30-24/h5-7,11-12,14-15,18,21,23,25H,2-4,8-9,16-17,19-20H2,1H3,(H2,31,32,33,34). The summed E-state index contributed by atoms with van der Waals surface area (Å²) in [6.07, 6.45) is 12.5. The molecular formula is C29H34N6. The first-order valence-electron chi connectivity index (χ1n) is 12.8. The van der Waals surface area contributed by atoms with E-state index in [-0.39, 0.29) is 0 Å². The SMILES string of the molecule is CN1CCC(c2cnc(Nc3ccc(C#Cc4ccccn4)cc3)nc2NC2CCCCC2)CC1. The van der Waals surface area contributed by atoms with Gasteiger partial charge in [0.25, 0.3) is 0 Å². The van der Waals surface area contributed by atoms with Gasteiger partial charge in [0.1, 0.15) is 11.5 Å². The van der Waals surface area contributed by atoms with Gasteiger partial charge < -0.3 is 15.5 Å². The number of nitrogens with zero attached hydrogens (tertiary/aromatic N) is 4. The van der Waals surface area contributed by atoms with Gasteiger partial charge in [-0.3, -0.25) is 0 Å². The first-order valence-corrected chi connectivity index (χ1v) is 12.8. The molecule has 6 heteroatoms. The minimum Gasteiger partial charge on any atom is -0.367 e. The molecule has 3 heterocycles. The molecule has 35 heavy (non-hydrogen) atoms. The smallest absolute Gasteiger partial charge is 0.229 e. The second-order valence-electron chi connectivity index (χ2n) is 9.72. The Balaban J connectivity index is 1.31. The summed E-state index contributed by atoms with van der Waals surface area (Å²) in [6, 6.07) is 14.3. The molecule has 5 rings (SSSR count). The number of hydrogen-bond acceptors (Lipinski definition) is 6. The molecule has 0 amide bonds. The molecule has 0 unspecified atom stereocenters. The molecule has 2 aromatic heterocycles.